The summed E-state index contributed by atoms with van der Waals surface area (Å²) in [5, 5.41) is 0. The fraction of sp³-hybridized carbons (Fsp3) is 0.308. The van der Waals surface area contributed by atoms with E-state index in [9.17, 15) is 4.79 Å². The maximum absolute atomic E-state index is 12.0. The second-order valence-corrected chi connectivity index (χ2v) is 4.54. The molecule has 0 saturated carbocycles. The first-order valence-electron chi connectivity index (χ1n) is 5.11. The van der Waals surface area contributed by atoms with Gasteiger partial charge in [-0.25, -0.2) is 0 Å². The molecule has 0 aromatic heterocycles. The summed E-state index contributed by atoms with van der Waals surface area (Å²) in [7, 11) is 3.09. The van der Waals surface area contributed by atoms with Crippen LogP contribution in [0.1, 0.15) is 24.2 Å². The number of hydrogen-bond donors (Lipinski definition) is 0. The third-order valence-electron chi connectivity index (χ3n) is 2.17. The van der Waals surface area contributed by atoms with Crippen molar-refractivity contribution in [3.8, 4) is 11.5 Å². The Labute approximate surface area is 110 Å². The van der Waals surface area contributed by atoms with Gasteiger partial charge in [-0.1, -0.05) is 5.57 Å². The van der Waals surface area contributed by atoms with Crippen LogP contribution in [-0.4, -0.2) is 20.0 Å². The number of halogens is 1. The van der Waals surface area contributed by atoms with Crippen LogP contribution in [0, 0.1) is 0 Å². The average Bonchev–Trinajstić information content (AvgIpc) is 2.27. The lowest BCUT2D eigenvalue weighted by molar-refractivity contribution is 0.104. The van der Waals surface area contributed by atoms with Gasteiger partial charge < -0.3 is 9.47 Å². The van der Waals surface area contributed by atoms with Crippen molar-refractivity contribution < 1.29 is 14.3 Å². The number of rotatable bonds is 4. The standard InChI is InChI=1S/C13H15BrO3/c1-8(2)7-10(15)9-5-6-11(16-3)12(14)13(9)17-4/h5-7H,1-4H3. The number of benzene rings is 1. The van der Waals surface area contributed by atoms with Crippen molar-refractivity contribution >= 4 is 21.7 Å². The number of ether oxygens (including phenoxy) is 2. The summed E-state index contributed by atoms with van der Waals surface area (Å²) in [6.45, 7) is 3.76. The summed E-state index contributed by atoms with van der Waals surface area (Å²) in [5.74, 6) is 1.05. The third-order valence-corrected chi connectivity index (χ3v) is 2.92. The van der Waals surface area contributed by atoms with Gasteiger partial charge in [0.15, 0.2) is 5.78 Å². The Hall–Kier alpha value is -1.29. The molecule has 0 heterocycles. The summed E-state index contributed by atoms with van der Waals surface area (Å²) in [6.07, 6.45) is 1.58. The average molecular weight is 299 g/mol. The van der Waals surface area contributed by atoms with E-state index in [4.69, 9.17) is 9.47 Å². The predicted octanol–water partition coefficient (Wildman–Crippen LogP) is 3.62. The predicted molar refractivity (Wildman–Crippen MR) is 71.0 cm³/mol. The molecule has 0 atom stereocenters. The zero-order valence-corrected chi connectivity index (χ0v) is 11.9. The molecule has 0 saturated heterocycles. The number of ketones is 1. The SMILES string of the molecule is COc1ccc(C(=O)C=C(C)C)c(OC)c1Br. The molecule has 0 radical (unpaired) electrons. The molecule has 1 rings (SSSR count). The molecular formula is C13H15BrO3. The van der Waals surface area contributed by atoms with Crippen LogP contribution in [0.5, 0.6) is 11.5 Å². The quantitative estimate of drug-likeness (QED) is 0.629. The minimum Gasteiger partial charge on any atom is -0.495 e. The highest BCUT2D eigenvalue weighted by Crippen LogP contribution is 2.37. The molecule has 0 aliphatic rings. The molecule has 4 heteroatoms. The van der Waals surface area contributed by atoms with Gasteiger partial charge >= 0.3 is 0 Å². The fourth-order valence-corrected chi connectivity index (χ4v) is 2.10. The molecular weight excluding hydrogens is 284 g/mol. The van der Waals surface area contributed by atoms with E-state index in [1.54, 1.807) is 25.3 Å². The van der Waals surface area contributed by atoms with Gasteiger partial charge in [0.25, 0.3) is 0 Å². The summed E-state index contributed by atoms with van der Waals surface area (Å²) in [4.78, 5) is 12.0. The van der Waals surface area contributed by atoms with Crippen molar-refractivity contribution in [2.24, 2.45) is 0 Å². The first-order chi connectivity index (χ1) is 8.01. The van der Waals surface area contributed by atoms with Gasteiger partial charge in [0, 0.05) is 0 Å². The molecule has 0 spiro atoms. The molecule has 0 bridgehead atoms. The third kappa shape index (κ3) is 3.09. The van der Waals surface area contributed by atoms with E-state index in [-0.39, 0.29) is 5.78 Å². The van der Waals surface area contributed by atoms with E-state index in [1.165, 1.54) is 7.11 Å². The second-order valence-electron chi connectivity index (χ2n) is 3.75. The molecule has 0 N–H and O–H groups in total. The Morgan fingerprint density at radius 3 is 2.35 bits per heavy atom. The molecule has 1 aromatic rings. The van der Waals surface area contributed by atoms with Crippen molar-refractivity contribution in [2.75, 3.05) is 14.2 Å². The summed E-state index contributed by atoms with van der Waals surface area (Å²) >= 11 is 3.36. The molecule has 17 heavy (non-hydrogen) atoms. The maximum Gasteiger partial charge on any atom is 0.189 e. The first-order valence-corrected chi connectivity index (χ1v) is 5.90. The molecule has 3 nitrogen and oxygen atoms in total. The fourth-order valence-electron chi connectivity index (χ4n) is 1.43. The van der Waals surface area contributed by atoms with E-state index in [2.05, 4.69) is 15.9 Å². The van der Waals surface area contributed by atoms with Gasteiger partial charge in [-0.3, -0.25) is 4.79 Å². The molecule has 0 unspecified atom stereocenters. The van der Waals surface area contributed by atoms with Crippen LogP contribution in [-0.2, 0) is 0 Å². The van der Waals surface area contributed by atoms with Gasteiger partial charge in [0.1, 0.15) is 16.0 Å². The van der Waals surface area contributed by atoms with Crippen LogP contribution >= 0.6 is 15.9 Å². The second kappa shape index (κ2) is 5.87. The lowest BCUT2D eigenvalue weighted by atomic mass is 10.1. The van der Waals surface area contributed by atoms with Gasteiger partial charge in [-0.05, 0) is 48.0 Å². The van der Waals surface area contributed by atoms with Gasteiger partial charge in [-0.15, -0.1) is 0 Å². The Bertz CT molecular complexity index is 460. The minimum absolute atomic E-state index is 0.0785. The molecule has 0 amide bonds. The normalized spacial score (nSPS) is 9.71. The van der Waals surface area contributed by atoms with Gasteiger partial charge in [0.2, 0.25) is 0 Å². The zero-order valence-electron chi connectivity index (χ0n) is 10.3. The topological polar surface area (TPSA) is 35.5 Å². The van der Waals surface area contributed by atoms with E-state index in [1.807, 2.05) is 13.8 Å². The highest BCUT2D eigenvalue weighted by molar-refractivity contribution is 9.10. The van der Waals surface area contributed by atoms with Crippen LogP contribution in [0.4, 0.5) is 0 Å². The Balaban J connectivity index is 3.31. The van der Waals surface area contributed by atoms with E-state index in [0.29, 0.717) is 21.5 Å². The van der Waals surface area contributed by atoms with Gasteiger partial charge in [0.05, 0.1) is 19.8 Å². The van der Waals surface area contributed by atoms with Gasteiger partial charge in [-0.2, -0.15) is 0 Å². The number of carbonyl (C=O) groups excluding carboxylic acids is 1. The van der Waals surface area contributed by atoms with Crippen LogP contribution in [0.3, 0.4) is 0 Å². The van der Waals surface area contributed by atoms with Crippen LogP contribution in [0.15, 0.2) is 28.3 Å². The van der Waals surface area contributed by atoms with Crippen LogP contribution < -0.4 is 9.47 Å². The number of allylic oxidation sites excluding steroid dienone is 2. The van der Waals surface area contributed by atoms with Crippen molar-refractivity contribution in [3.63, 3.8) is 0 Å². The van der Waals surface area contributed by atoms with Crippen molar-refractivity contribution in [1.29, 1.82) is 0 Å². The zero-order chi connectivity index (χ0) is 13.0. The van der Waals surface area contributed by atoms with Crippen molar-refractivity contribution in [2.45, 2.75) is 13.8 Å². The van der Waals surface area contributed by atoms with E-state index >= 15 is 0 Å². The smallest absolute Gasteiger partial charge is 0.189 e. The maximum atomic E-state index is 12.0. The lowest BCUT2D eigenvalue weighted by Crippen LogP contribution is -2.01. The number of methoxy groups -OCH3 is 2. The summed E-state index contributed by atoms with van der Waals surface area (Å²) in [5.41, 5.74) is 1.46. The summed E-state index contributed by atoms with van der Waals surface area (Å²) < 4.78 is 11.0. The number of hydrogen-bond acceptors (Lipinski definition) is 3. The molecule has 92 valence electrons. The van der Waals surface area contributed by atoms with Crippen LogP contribution in [0.2, 0.25) is 0 Å². The minimum atomic E-state index is -0.0785. The monoisotopic (exact) mass is 298 g/mol. The number of carbonyl (C=O) groups is 1. The largest absolute Gasteiger partial charge is 0.495 e. The molecule has 1 aromatic carbocycles. The Morgan fingerprint density at radius 1 is 1.24 bits per heavy atom. The van der Waals surface area contributed by atoms with Crippen molar-refractivity contribution in [3.05, 3.63) is 33.8 Å². The summed E-state index contributed by atoms with van der Waals surface area (Å²) in [6, 6.07) is 3.43. The van der Waals surface area contributed by atoms with E-state index in [0.717, 1.165) is 5.57 Å². The molecule has 0 fully saturated rings. The van der Waals surface area contributed by atoms with Crippen LogP contribution in [0.25, 0.3) is 0 Å². The highest BCUT2D eigenvalue weighted by Gasteiger charge is 2.16. The lowest BCUT2D eigenvalue weighted by Gasteiger charge is -2.11. The first kappa shape index (κ1) is 13.8. The van der Waals surface area contributed by atoms with Crippen molar-refractivity contribution in [1.82, 2.24) is 0 Å². The highest BCUT2D eigenvalue weighted by atomic mass is 79.9. The molecule has 0 aliphatic heterocycles. The molecule has 0 aliphatic carbocycles. The van der Waals surface area contributed by atoms with E-state index < -0.39 is 0 Å². The Kier molecular flexibility index (Phi) is 4.75. The Morgan fingerprint density at radius 2 is 1.88 bits per heavy atom.